The van der Waals surface area contributed by atoms with Gasteiger partial charge >= 0.3 is 11.9 Å². The van der Waals surface area contributed by atoms with Crippen molar-refractivity contribution in [3.63, 3.8) is 0 Å². The van der Waals surface area contributed by atoms with E-state index in [2.05, 4.69) is 9.47 Å². The Labute approximate surface area is 121 Å². The lowest BCUT2D eigenvalue weighted by molar-refractivity contribution is -0.144. The fourth-order valence-electron chi connectivity index (χ4n) is 1.54. The number of nitriles is 1. The third kappa shape index (κ3) is 4.62. The van der Waals surface area contributed by atoms with Crippen LogP contribution < -0.4 is 0 Å². The Hall–Kier alpha value is -2.88. The summed E-state index contributed by atoms with van der Waals surface area (Å²) in [5, 5.41) is 8.83. The monoisotopic (exact) mass is 290 g/mol. The molecule has 0 spiro atoms. The predicted molar refractivity (Wildman–Crippen MR) is 71.1 cm³/mol. The molecule has 0 saturated heterocycles. The molecule has 1 aromatic carbocycles. The van der Waals surface area contributed by atoms with E-state index in [0.717, 1.165) is 4.90 Å². The fraction of sp³-hybridized carbons (Fsp3) is 0.286. The van der Waals surface area contributed by atoms with E-state index in [0.29, 0.717) is 5.56 Å². The highest BCUT2D eigenvalue weighted by atomic mass is 16.5. The van der Waals surface area contributed by atoms with Gasteiger partial charge < -0.3 is 14.4 Å². The molecule has 1 aromatic rings. The van der Waals surface area contributed by atoms with E-state index in [4.69, 9.17) is 5.26 Å². The van der Waals surface area contributed by atoms with Gasteiger partial charge in [-0.15, -0.1) is 0 Å². The molecular weight excluding hydrogens is 276 g/mol. The van der Waals surface area contributed by atoms with Crippen molar-refractivity contribution >= 4 is 17.8 Å². The number of ether oxygens (including phenoxy) is 2. The summed E-state index contributed by atoms with van der Waals surface area (Å²) in [6.45, 7) is -0.775. The SMILES string of the molecule is COC(=O)CN(CC(=O)OC)C(=O)c1cccc(C#N)c1. The van der Waals surface area contributed by atoms with Crippen LogP contribution in [0.2, 0.25) is 0 Å². The lowest BCUT2D eigenvalue weighted by Crippen LogP contribution is -2.40. The standard InChI is InChI=1S/C14H14N2O5/c1-20-12(17)8-16(9-13(18)21-2)14(19)11-5-3-4-10(6-11)7-15/h3-6H,8-9H2,1-2H3. The molecule has 0 aliphatic rings. The van der Waals surface area contributed by atoms with Crippen LogP contribution in [0.15, 0.2) is 24.3 Å². The molecular formula is C14H14N2O5. The Morgan fingerprint density at radius 1 is 1.14 bits per heavy atom. The van der Waals surface area contributed by atoms with Crippen LogP contribution in [-0.4, -0.2) is 50.1 Å². The lowest BCUT2D eigenvalue weighted by Gasteiger charge is -2.20. The van der Waals surface area contributed by atoms with Crippen LogP contribution >= 0.6 is 0 Å². The zero-order valence-corrected chi connectivity index (χ0v) is 11.7. The molecule has 21 heavy (non-hydrogen) atoms. The zero-order valence-electron chi connectivity index (χ0n) is 11.7. The van der Waals surface area contributed by atoms with Gasteiger partial charge in [0.05, 0.1) is 25.9 Å². The third-order valence-corrected chi connectivity index (χ3v) is 2.62. The number of carbonyl (C=O) groups excluding carboxylic acids is 3. The molecule has 0 bridgehead atoms. The first-order valence-corrected chi connectivity index (χ1v) is 5.95. The molecule has 0 fully saturated rings. The maximum atomic E-state index is 12.3. The molecule has 0 unspecified atom stereocenters. The third-order valence-electron chi connectivity index (χ3n) is 2.62. The molecule has 0 aliphatic heterocycles. The lowest BCUT2D eigenvalue weighted by atomic mass is 10.1. The van der Waals surface area contributed by atoms with Crippen molar-refractivity contribution in [1.29, 1.82) is 5.26 Å². The van der Waals surface area contributed by atoms with Crippen LogP contribution in [0.5, 0.6) is 0 Å². The highest BCUT2D eigenvalue weighted by Gasteiger charge is 2.22. The number of hydrogen-bond donors (Lipinski definition) is 0. The molecule has 0 N–H and O–H groups in total. The number of amides is 1. The molecule has 110 valence electrons. The predicted octanol–water partition coefficient (Wildman–Crippen LogP) is 0.346. The van der Waals surface area contributed by atoms with Crippen LogP contribution in [-0.2, 0) is 19.1 Å². The van der Waals surface area contributed by atoms with E-state index < -0.39 is 17.8 Å². The number of carbonyl (C=O) groups is 3. The highest BCUT2D eigenvalue weighted by Crippen LogP contribution is 2.08. The summed E-state index contributed by atoms with van der Waals surface area (Å²) in [5.74, 6) is -1.89. The van der Waals surface area contributed by atoms with Gasteiger partial charge in [0.1, 0.15) is 13.1 Å². The van der Waals surface area contributed by atoms with E-state index in [1.807, 2.05) is 6.07 Å². The van der Waals surface area contributed by atoms with E-state index in [-0.39, 0.29) is 18.7 Å². The molecule has 0 aliphatic carbocycles. The molecule has 0 atom stereocenters. The van der Waals surface area contributed by atoms with Gasteiger partial charge in [-0.2, -0.15) is 5.26 Å². The van der Waals surface area contributed by atoms with Gasteiger partial charge in [-0.1, -0.05) is 6.07 Å². The molecule has 0 heterocycles. The summed E-state index contributed by atoms with van der Waals surface area (Å²) in [6, 6.07) is 7.87. The minimum absolute atomic E-state index is 0.196. The smallest absolute Gasteiger partial charge is 0.325 e. The van der Waals surface area contributed by atoms with Gasteiger partial charge in [0.25, 0.3) is 5.91 Å². The first-order chi connectivity index (χ1) is 10.0. The fourth-order valence-corrected chi connectivity index (χ4v) is 1.54. The van der Waals surface area contributed by atoms with Crippen molar-refractivity contribution in [3.8, 4) is 6.07 Å². The van der Waals surface area contributed by atoms with Crippen molar-refractivity contribution in [3.05, 3.63) is 35.4 Å². The Morgan fingerprint density at radius 3 is 2.19 bits per heavy atom. The first kappa shape index (κ1) is 16.2. The van der Waals surface area contributed by atoms with E-state index in [1.54, 1.807) is 12.1 Å². The maximum Gasteiger partial charge on any atom is 0.325 e. The second-order valence-corrected chi connectivity index (χ2v) is 4.01. The van der Waals surface area contributed by atoms with E-state index in [9.17, 15) is 14.4 Å². The summed E-state index contributed by atoms with van der Waals surface area (Å²) in [5.41, 5.74) is 0.499. The molecule has 0 radical (unpaired) electrons. The topological polar surface area (TPSA) is 96.7 Å². The van der Waals surface area contributed by atoms with Crippen LogP contribution in [0.4, 0.5) is 0 Å². The second kappa shape index (κ2) is 7.65. The summed E-state index contributed by atoms with van der Waals surface area (Å²) in [6.07, 6.45) is 0. The molecule has 0 saturated carbocycles. The molecule has 7 heteroatoms. The highest BCUT2D eigenvalue weighted by molar-refractivity contribution is 5.98. The van der Waals surface area contributed by atoms with Gasteiger partial charge in [-0.05, 0) is 18.2 Å². The van der Waals surface area contributed by atoms with Gasteiger partial charge in [-0.25, -0.2) is 0 Å². The van der Waals surface area contributed by atoms with Gasteiger partial charge in [0, 0.05) is 5.56 Å². The van der Waals surface area contributed by atoms with Crippen LogP contribution in [0.3, 0.4) is 0 Å². The normalized spacial score (nSPS) is 9.38. The first-order valence-electron chi connectivity index (χ1n) is 5.95. The summed E-state index contributed by atoms with van der Waals surface area (Å²) < 4.78 is 8.98. The molecule has 1 amide bonds. The van der Waals surface area contributed by atoms with Crippen molar-refractivity contribution in [2.45, 2.75) is 0 Å². The Kier molecular flexibility index (Phi) is 5.89. The number of methoxy groups -OCH3 is 2. The van der Waals surface area contributed by atoms with Crippen molar-refractivity contribution in [1.82, 2.24) is 4.90 Å². The molecule has 7 nitrogen and oxygen atoms in total. The van der Waals surface area contributed by atoms with E-state index in [1.165, 1.54) is 26.4 Å². The summed E-state index contributed by atoms with van der Waals surface area (Å²) in [4.78, 5) is 36.0. The summed E-state index contributed by atoms with van der Waals surface area (Å²) >= 11 is 0. The quantitative estimate of drug-likeness (QED) is 0.726. The maximum absolute atomic E-state index is 12.3. The second-order valence-electron chi connectivity index (χ2n) is 4.01. The van der Waals surface area contributed by atoms with Crippen LogP contribution in [0, 0.1) is 11.3 Å². The largest absolute Gasteiger partial charge is 0.468 e. The number of esters is 2. The minimum Gasteiger partial charge on any atom is -0.468 e. The molecule has 1 rings (SSSR count). The van der Waals surface area contributed by atoms with Crippen molar-refractivity contribution in [2.75, 3.05) is 27.3 Å². The summed E-state index contributed by atoms with van der Waals surface area (Å²) in [7, 11) is 2.36. The van der Waals surface area contributed by atoms with Gasteiger partial charge in [0.2, 0.25) is 0 Å². The number of hydrogen-bond acceptors (Lipinski definition) is 6. The van der Waals surface area contributed by atoms with Crippen LogP contribution in [0.1, 0.15) is 15.9 Å². The Bertz CT molecular complexity index is 573. The van der Waals surface area contributed by atoms with Crippen LogP contribution in [0.25, 0.3) is 0 Å². The van der Waals surface area contributed by atoms with E-state index >= 15 is 0 Å². The van der Waals surface area contributed by atoms with Gasteiger partial charge in [0.15, 0.2) is 0 Å². The zero-order chi connectivity index (χ0) is 15.8. The van der Waals surface area contributed by atoms with Gasteiger partial charge in [-0.3, -0.25) is 14.4 Å². The average Bonchev–Trinajstić information content (AvgIpc) is 2.53. The number of nitrogens with zero attached hydrogens (tertiary/aromatic N) is 2. The Morgan fingerprint density at radius 2 is 1.71 bits per heavy atom. The number of rotatable bonds is 5. The van der Waals surface area contributed by atoms with Crippen molar-refractivity contribution in [2.24, 2.45) is 0 Å². The number of benzene rings is 1. The average molecular weight is 290 g/mol. The molecule has 0 aromatic heterocycles. The van der Waals surface area contributed by atoms with Crippen molar-refractivity contribution < 1.29 is 23.9 Å². The Balaban J connectivity index is 3.00. The minimum atomic E-state index is -0.663.